The third-order valence-corrected chi connectivity index (χ3v) is 3.82. The second-order valence-corrected chi connectivity index (χ2v) is 5.94. The van der Waals surface area contributed by atoms with Crippen LogP contribution in [0, 0.1) is 5.82 Å². The fourth-order valence-corrected chi connectivity index (χ4v) is 2.39. The molecule has 0 unspecified atom stereocenters. The zero-order chi connectivity index (χ0) is 15.6. The zero-order valence-electron chi connectivity index (χ0n) is 11.8. The molecule has 0 aliphatic rings. The van der Waals surface area contributed by atoms with Crippen molar-refractivity contribution in [3.05, 3.63) is 57.8 Å². The molecule has 0 spiro atoms. The molecule has 3 nitrogen and oxygen atoms in total. The number of rotatable bonds is 3. The summed E-state index contributed by atoms with van der Waals surface area (Å²) in [6.07, 6.45) is 0. The molecule has 1 amide bonds. The second-order valence-electron chi connectivity index (χ2n) is 5.08. The van der Waals surface area contributed by atoms with E-state index >= 15 is 0 Å². The minimum atomic E-state index is -0.556. The molecule has 21 heavy (non-hydrogen) atoms. The second kappa shape index (κ2) is 6.26. The molecule has 0 bridgehead atoms. The third kappa shape index (κ3) is 3.61. The van der Waals surface area contributed by atoms with Gasteiger partial charge in [0.2, 0.25) is 0 Å². The molecule has 0 radical (unpaired) electrons. The van der Waals surface area contributed by atoms with E-state index in [0.717, 1.165) is 0 Å². The molecule has 0 heterocycles. The number of nitrogen functional groups attached to an aromatic ring is 1. The summed E-state index contributed by atoms with van der Waals surface area (Å²) in [6.45, 7) is 4.21. The first-order valence-corrected chi connectivity index (χ1v) is 7.33. The lowest BCUT2D eigenvalue weighted by Crippen LogP contribution is -2.13. The lowest BCUT2D eigenvalue weighted by Gasteiger charge is -2.10. The Morgan fingerprint density at radius 3 is 2.43 bits per heavy atom. The number of amides is 1. The van der Waals surface area contributed by atoms with Crippen molar-refractivity contribution >= 4 is 33.2 Å². The Morgan fingerprint density at radius 2 is 1.86 bits per heavy atom. The summed E-state index contributed by atoms with van der Waals surface area (Å²) in [5.41, 5.74) is 7.61. The normalized spacial score (nSPS) is 10.7. The molecule has 0 atom stereocenters. The van der Waals surface area contributed by atoms with E-state index in [4.69, 9.17) is 5.73 Å². The monoisotopic (exact) mass is 350 g/mol. The summed E-state index contributed by atoms with van der Waals surface area (Å²) in [4.78, 5) is 12.2. The van der Waals surface area contributed by atoms with Crippen LogP contribution in [0.2, 0.25) is 0 Å². The van der Waals surface area contributed by atoms with E-state index in [-0.39, 0.29) is 11.6 Å². The highest BCUT2D eigenvalue weighted by Gasteiger charge is 2.13. The fraction of sp³-hybridized carbons (Fsp3) is 0.188. The van der Waals surface area contributed by atoms with Crippen molar-refractivity contribution in [2.45, 2.75) is 19.8 Å². The maximum absolute atomic E-state index is 13.3. The molecule has 2 aromatic rings. The van der Waals surface area contributed by atoms with Crippen molar-refractivity contribution in [1.82, 2.24) is 0 Å². The van der Waals surface area contributed by atoms with Crippen LogP contribution in [0.25, 0.3) is 0 Å². The number of nitrogens with one attached hydrogen (secondary N) is 1. The van der Waals surface area contributed by atoms with E-state index in [1.807, 2.05) is 24.3 Å². The molecule has 5 heteroatoms. The van der Waals surface area contributed by atoms with Gasteiger partial charge in [-0.1, -0.05) is 26.0 Å². The van der Waals surface area contributed by atoms with Gasteiger partial charge < -0.3 is 11.1 Å². The highest BCUT2D eigenvalue weighted by atomic mass is 79.9. The Labute approximate surface area is 131 Å². The number of halogens is 2. The maximum Gasteiger partial charge on any atom is 0.256 e. The Kier molecular flexibility index (Phi) is 4.63. The molecular formula is C16H16BrFN2O. The van der Waals surface area contributed by atoms with Crippen LogP contribution in [0.15, 0.2) is 40.9 Å². The molecule has 0 aromatic heterocycles. The number of anilines is 2. The molecule has 0 saturated carbocycles. The SMILES string of the molecule is CC(C)c1ccc(NC(=O)c2cc(N)c(F)cc2Br)cc1. The summed E-state index contributed by atoms with van der Waals surface area (Å²) in [5.74, 6) is -0.466. The molecular weight excluding hydrogens is 335 g/mol. The lowest BCUT2D eigenvalue weighted by atomic mass is 10.0. The smallest absolute Gasteiger partial charge is 0.256 e. The highest BCUT2D eigenvalue weighted by Crippen LogP contribution is 2.24. The van der Waals surface area contributed by atoms with Crippen molar-refractivity contribution in [2.75, 3.05) is 11.1 Å². The standard InChI is InChI=1S/C16H16BrFN2O/c1-9(2)10-3-5-11(6-4-10)20-16(21)12-7-15(19)14(18)8-13(12)17/h3-9H,19H2,1-2H3,(H,20,21). The van der Waals surface area contributed by atoms with E-state index in [1.165, 1.54) is 17.7 Å². The first kappa shape index (κ1) is 15.5. The molecule has 3 N–H and O–H groups in total. The first-order valence-electron chi connectivity index (χ1n) is 6.54. The van der Waals surface area contributed by atoms with Gasteiger partial charge in [0.1, 0.15) is 5.82 Å². The van der Waals surface area contributed by atoms with E-state index in [0.29, 0.717) is 21.6 Å². The Morgan fingerprint density at radius 1 is 1.24 bits per heavy atom. The minimum absolute atomic E-state index is 0.0569. The summed E-state index contributed by atoms with van der Waals surface area (Å²) in [6, 6.07) is 10.1. The molecule has 2 rings (SSSR count). The van der Waals surface area contributed by atoms with Gasteiger partial charge >= 0.3 is 0 Å². The summed E-state index contributed by atoms with van der Waals surface area (Å²) in [7, 11) is 0. The van der Waals surface area contributed by atoms with Gasteiger partial charge in [-0.25, -0.2) is 4.39 Å². The van der Waals surface area contributed by atoms with Crippen LogP contribution >= 0.6 is 15.9 Å². The Hall–Kier alpha value is -1.88. The summed E-state index contributed by atoms with van der Waals surface area (Å²) < 4.78 is 13.6. The first-order chi connectivity index (χ1) is 9.88. The van der Waals surface area contributed by atoms with Gasteiger partial charge in [-0.15, -0.1) is 0 Å². The maximum atomic E-state index is 13.3. The van der Waals surface area contributed by atoms with Crippen LogP contribution in [-0.4, -0.2) is 5.91 Å². The van der Waals surface area contributed by atoms with Gasteiger partial charge in [0.15, 0.2) is 0 Å². The molecule has 110 valence electrons. The van der Waals surface area contributed by atoms with Gasteiger partial charge in [-0.3, -0.25) is 4.79 Å². The van der Waals surface area contributed by atoms with E-state index in [1.54, 1.807) is 0 Å². The molecule has 0 aliphatic heterocycles. The van der Waals surface area contributed by atoms with Crippen LogP contribution in [-0.2, 0) is 0 Å². The Balaban J connectivity index is 2.20. The largest absolute Gasteiger partial charge is 0.396 e. The predicted octanol–water partition coefficient (Wildman–Crippen LogP) is 4.55. The number of benzene rings is 2. The average molecular weight is 351 g/mol. The number of carbonyl (C=O) groups is 1. The topological polar surface area (TPSA) is 55.1 Å². The lowest BCUT2D eigenvalue weighted by molar-refractivity contribution is 0.102. The minimum Gasteiger partial charge on any atom is -0.396 e. The average Bonchev–Trinajstić information content (AvgIpc) is 2.43. The highest BCUT2D eigenvalue weighted by molar-refractivity contribution is 9.10. The van der Waals surface area contributed by atoms with Crippen molar-refractivity contribution in [2.24, 2.45) is 0 Å². The van der Waals surface area contributed by atoms with Gasteiger partial charge in [0, 0.05) is 10.2 Å². The zero-order valence-corrected chi connectivity index (χ0v) is 13.4. The predicted molar refractivity (Wildman–Crippen MR) is 87.0 cm³/mol. The Bertz CT molecular complexity index is 669. The fourth-order valence-electron chi connectivity index (χ4n) is 1.89. The van der Waals surface area contributed by atoms with Gasteiger partial charge in [-0.2, -0.15) is 0 Å². The summed E-state index contributed by atoms with van der Waals surface area (Å²) in [5, 5.41) is 2.76. The number of nitrogens with two attached hydrogens (primary N) is 1. The van der Waals surface area contributed by atoms with Crippen molar-refractivity contribution in [3.8, 4) is 0 Å². The molecule has 2 aromatic carbocycles. The van der Waals surface area contributed by atoms with Gasteiger partial charge in [-0.05, 0) is 51.7 Å². The third-order valence-electron chi connectivity index (χ3n) is 3.17. The van der Waals surface area contributed by atoms with Crippen LogP contribution in [0.5, 0.6) is 0 Å². The quantitative estimate of drug-likeness (QED) is 0.798. The van der Waals surface area contributed by atoms with Crippen LogP contribution < -0.4 is 11.1 Å². The van der Waals surface area contributed by atoms with E-state index < -0.39 is 5.82 Å². The van der Waals surface area contributed by atoms with E-state index in [9.17, 15) is 9.18 Å². The number of hydrogen-bond acceptors (Lipinski definition) is 2. The molecule has 0 fully saturated rings. The van der Waals surface area contributed by atoms with Crippen molar-refractivity contribution in [3.63, 3.8) is 0 Å². The number of hydrogen-bond donors (Lipinski definition) is 2. The van der Waals surface area contributed by atoms with Gasteiger partial charge in [0.05, 0.1) is 11.3 Å². The van der Waals surface area contributed by atoms with E-state index in [2.05, 4.69) is 35.1 Å². The molecule has 0 aliphatic carbocycles. The summed E-state index contributed by atoms with van der Waals surface area (Å²) >= 11 is 3.17. The number of carbonyl (C=O) groups excluding carboxylic acids is 1. The van der Waals surface area contributed by atoms with Crippen molar-refractivity contribution < 1.29 is 9.18 Å². The molecule has 0 saturated heterocycles. The van der Waals surface area contributed by atoms with Crippen LogP contribution in [0.3, 0.4) is 0 Å². The van der Waals surface area contributed by atoms with Crippen LogP contribution in [0.4, 0.5) is 15.8 Å². The van der Waals surface area contributed by atoms with Crippen molar-refractivity contribution in [1.29, 1.82) is 0 Å². The van der Waals surface area contributed by atoms with Gasteiger partial charge in [0.25, 0.3) is 5.91 Å². The van der Waals surface area contributed by atoms with Crippen LogP contribution in [0.1, 0.15) is 35.7 Å².